The van der Waals surface area contributed by atoms with E-state index in [-0.39, 0.29) is 16.7 Å². The number of sulfonamides is 1. The number of hydrogen-bond acceptors (Lipinski definition) is 5. The van der Waals surface area contributed by atoms with Crippen LogP contribution in [0.3, 0.4) is 0 Å². The molecule has 1 N–H and O–H groups in total. The van der Waals surface area contributed by atoms with E-state index in [0.717, 1.165) is 16.2 Å². The van der Waals surface area contributed by atoms with Crippen molar-refractivity contribution in [1.82, 2.24) is 9.62 Å². The van der Waals surface area contributed by atoms with E-state index in [2.05, 4.69) is 5.32 Å². The molecular weight excluding hydrogens is 384 g/mol. The van der Waals surface area contributed by atoms with E-state index in [0.29, 0.717) is 36.9 Å². The maximum atomic E-state index is 12.6. The van der Waals surface area contributed by atoms with Gasteiger partial charge in [0, 0.05) is 18.0 Å². The van der Waals surface area contributed by atoms with Crippen molar-refractivity contribution >= 4 is 38.9 Å². The van der Waals surface area contributed by atoms with E-state index in [1.807, 2.05) is 0 Å². The maximum Gasteiger partial charge on any atom is 0.253 e. The number of morpholine rings is 1. The van der Waals surface area contributed by atoms with Gasteiger partial charge in [0.25, 0.3) is 15.9 Å². The molecule has 0 atom stereocenters. The Labute approximate surface area is 155 Å². The topological polar surface area (TPSA) is 75.7 Å². The molecule has 2 aromatic rings. The molecule has 0 aliphatic carbocycles. The monoisotopic (exact) mass is 400 g/mol. The summed E-state index contributed by atoms with van der Waals surface area (Å²) in [6.45, 7) is 1.78. The van der Waals surface area contributed by atoms with E-state index in [4.69, 9.17) is 16.3 Å². The minimum Gasteiger partial charge on any atom is -0.379 e. The second kappa shape index (κ2) is 7.84. The van der Waals surface area contributed by atoms with Crippen molar-refractivity contribution in [3.05, 3.63) is 51.9 Å². The number of carbonyl (C=O) groups is 1. The summed E-state index contributed by atoms with van der Waals surface area (Å²) in [4.78, 5) is 12.9. The Kier molecular flexibility index (Phi) is 5.75. The molecule has 1 aliphatic heterocycles. The van der Waals surface area contributed by atoms with E-state index in [9.17, 15) is 13.2 Å². The Morgan fingerprint density at radius 3 is 2.64 bits per heavy atom. The number of thiophene rings is 1. The molecule has 0 unspecified atom stereocenters. The Morgan fingerprint density at radius 1 is 1.20 bits per heavy atom. The molecule has 9 heteroatoms. The van der Waals surface area contributed by atoms with Crippen molar-refractivity contribution in [2.75, 3.05) is 26.3 Å². The van der Waals surface area contributed by atoms with E-state index >= 15 is 0 Å². The second-order valence-corrected chi connectivity index (χ2v) is 9.14. The molecule has 0 radical (unpaired) electrons. The maximum absolute atomic E-state index is 12.6. The standard InChI is InChI=1S/C16H17ClN2O4S2/c17-14-4-2-1-3-13(14)16(20)18-11-12-5-6-15(24-12)25(21,22)19-7-9-23-10-8-19/h1-6H,7-11H2,(H,18,20). The molecule has 0 spiro atoms. The fourth-order valence-electron chi connectivity index (χ4n) is 2.41. The van der Waals surface area contributed by atoms with Crippen molar-refractivity contribution in [2.24, 2.45) is 0 Å². The van der Waals surface area contributed by atoms with Crippen LogP contribution in [-0.4, -0.2) is 44.9 Å². The van der Waals surface area contributed by atoms with Crippen LogP contribution < -0.4 is 5.32 Å². The highest BCUT2D eigenvalue weighted by atomic mass is 35.5. The van der Waals surface area contributed by atoms with Crippen LogP contribution in [0.2, 0.25) is 5.02 Å². The summed E-state index contributed by atoms with van der Waals surface area (Å²) in [7, 11) is -3.50. The molecule has 6 nitrogen and oxygen atoms in total. The smallest absolute Gasteiger partial charge is 0.253 e. The molecule has 0 saturated carbocycles. The first-order valence-electron chi connectivity index (χ1n) is 7.68. The average Bonchev–Trinajstić information content (AvgIpc) is 3.11. The number of halogens is 1. The third-order valence-corrected chi connectivity index (χ3v) is 7.52. The highest BCUT2D eigenvalue weighted by Gasteiger charge is 2.27. The zero-order valence-corrected chi connectivity index (χ0v) is 15.7. The van der Waals surface area contributed by atoms with Gasteiger partial charge < -0.3 is 10.1 Å². The molecule has 1 fully saturated rings. The number of benzene rings is 1. The molecule has 1 aromatic heterocycles. The number of rotatable bonds is 5. The summed E-state index contributed by atoms with van der Waals surface area (Å²) in [5, 5.41) is 3.14. The van der Waals surface area contributed by atoms with Gasteiger partial charge >= 0.3 is 0 Å². The molecule has 1 amide bonds. The van der Waals surface area contributed by atoms with Crippen LogP contribution in [0.15, 0.2) is 40.6 Å². The van der Waals surface area contributed by atoms with Crippen molar-refractivity contribution in [3.8, 4) is 0 Å². The van der Waals surface area contributed by atoms with Crippen LogP contribution >= 0.6 is 22.9 Å². The molecule has 25 heavy (non-hydrogen) atoms. The van der Waals surface area contributed by atoms with E-state index in [1.54, 1.807) is 36.4 Å². The van der Waals surface area contributed by atoms with Crippen molar-refractivity contribution < 1.29 is 17.9 Å². The lowest BCUT2D eigenvalue weighted by atomic mass is 10.2. The number of nitrogens with one attached hydrogen (secondary N) is 1. The van der Waals surface area contributed by atoms with Crippen LogP contribution in [0.1, 0.15) is 15.2 Å². The van der Waals surface area contributed by atoms with Crippen LogP contribution in [0.25, 0.3) is 0 Å². The minimum atomic E-state index is -3.50. The quantitative estimate of drug-likeness (QED) is 0.835. The Bertz CT molecular complexity index is 861. The first-order valence-corrected chi connectivity index (χ1v) is 10.3. The fourth-order valence-corrected chi connectivity index (χ4v) is 5.49. The van der Waals surface area contributed by atoms with Crippen LogP contribution in [-0.2, 0) is 21.3 Å². The number of hydrogen-bond donors (Lipinski definition) is 1. The van der Waals surface area contributed by atoms with Gasteiger partial charge in [-0.3, -0.25) is 4.79 Å². The van der Waals surface area contributed by atoms with Gasteiger partial charge in [0.05, 0.1) is 30.3 Å². The first kappa shape index (κ1) is 18.3. The Hall–Kier alpha value is -1.45. The molecule has 2 heterocycles. The van der Waals surface area contributed by atoms with E-state index in [1.165, 1.54) is 4.31 Å². The number of nitrogens with zero attached hydrogens (tertiary/aromatic N) is 1. The minimum absolute atomic E-state index is 0.243. The zero-order valence-electron chi connectivity index (χ0n) is 13.3. The lowest BCUT2D eigenvalue weighted by Crippen LogP contribution is -2.40. The van der Waals surface area contributed by atoms with Gasteiger partial charge in [-0.1, -0.05) is 23.7 Å². The molecule has 1 aromatic carbocycles. The third kappa shape index (κ3) is 4.21. The van der Waals surface area contributed by atoms with Gasteiger partial charge in [0.15, 0.2) is 0 Å². The van der Waals surface area contributed by atoms with Gasteiger partial charge in [-0.05, 0) is 24.3 Å². The molecule has 3 rings (SSSR count). The van der Waals surface area contributed by atoms with Gasteiger partial charge in [0.1, 0.15) is 4.21 Å². The predicted molar refractivity (Wildman–Crippen MR) is 96.5 cm³/mol. The third-order valence-electron chi connectivity index (χ3n) is 3.74. The summed E-state index contributed by atoms with van der Waals surface area (Å²) >= 11 is 7.15. The van der Waals surface area contributed by atoms with E-state index < -0.39 is 10.0 Å². The zero-order chi connectivity index (χ0) is 17.9. The van der Waals surface area contributed by atoms with Crippen molar-refractivity contribution in [3.63, 3.8) is 0 Å². The lowest BCUT2D eigenvalue weighted by Gasteiger charge is -2.25. The summed E-state index contributed by atoms with van der Waals surface area (Å²) in [6.07, 6.45) is 0. The van der Waals surface area contributed by atoms with Crippen molar-refractivity contribution in [2.45, 2.75) is 10.8 Å². The summed E-state index contributed by atoms with van der Waals surface area (Å²) in [5.41, 5.74) is 0.391. The van der Waals surface area contributed by atoms with Gasteiger partial charge in [-0.25, -0.2) is 8.42 Å². The molecule has 1 aliphatic rings. The van der Waals surface area contributed by atoms with Crippen molar-refractivity contribution in [1.29, 1.82) is 0 Å². The summed E-state index contributed by atoms with van der Waals surface area (Å²) in [5.74, 6) is -0.295. The van der Waals surface area contributed by atoms with Gasteiger partial charge in [-0.2, -0.15) is 4.31 Å². The van der Waals surface area contributed by atoms with Crippen LogP contribution in [0.4, 0.5) is 0 Å². The SMILES string of the molecule is O=C(NCc1ccc(S(=O)(=O)N2CCOCC2)s1)c1ccccc1Cl. The summed E-state index contributed by atoms with van der Waals surface area (Å²) < 4.78 is 32.1. The largest absolute Gasteiger partial charge is 0.379 e. The second-order valence-electron chi connectivity index (χ2n) is 5.40. The number of ether oxygens (including phenoxy) is 1. The van der Waals surface area contributed by atoms with Gasteiger partial charge in [0.2, 0.25) is 0 Å². The molecule has 1 saturated heterocycles. The highest BCUT2D eigenvalue weighted by Crippen LogP contribution is 2.25. The van der Waals surface area contributed by atoms with Crippen LogP contribution in [0, 0.1) is 0 Å². The predicted octanol–water partition coefficient (Wildman–Crippen LogP) is 2.35. The Morgan fingerprint density at radius 2 is 1.92 bits per heavy atom. The fraction of sp³-hybridized carbons (Fsp3) is 0.312. The first-order chi connectivity index (χ1) is 12.0. The average molecular weight is 401 g/mol. The Balaban J connectivity index is 1.66. The lowest BCUT2D eigenvalue weighted by molar-refractivity contribution is 0.0731. The highest BCUT2D eigenvalue weighted by molar-refractivity contribution is 7.91. The number of amides is 1. The van der Waals surface area contributed by atoms with Crippen LogP contribution in [0.5, 0.6) is 0 Å². The molecule has 134 valence electrons. The van der Waals surface area contributed by atoms with Gasteiger partial charge in [-0.15, -0.1) is 11.3 Å². The summed E-state index contributed by atoms with van der Waals surface area (Å²) in [6, 6.07) is 10.1. The number of carbonyl (C=O) groups excluding carboxylic acids is 1. The molecule has 0 bridgehead atoms. The normalized spacial score (nSPS) is 15.9. The molecular formula is C16H17ClN2O4S2.